The predicted octanol–water partition coefficient (Wildman–Crippen LogP) is 3.25. The summed E-state index contributed by atoms with van der Waals surface area (Å²) in [5, 5.41) is 3.45. The molecule has 1 unspecified atom stereocenters. The van der Waals surface area contributed by atoms with Crippen molar-refractivity contribution in [2.45, 2.75) is 26.2 Å². The number of rotatable bonds is 3. The predicted molar refractivity (Wildman–Crippen MR) is 63.7 cm³/mol. The standard InChI is InChI=1S/C13H19NO/c1-9(2)7-10-8-14-13-11(10)5-4-6-12(13)15-3/h4-6,9-10,14H,7-8H2,1-3H3. The number of nitrogens with one attached hydrogen (secondary N) is 1. The topological polar surface area (TPSA) is 21.3 Å². The quantitative estimate of drug-likeness (QED) is 0.817. The van der Waals surface area contributed by atoms with Crippen molar-refractivity contribution in [2.24, 2.45) is 5.92 Å². The molecule has 0 saturated heterocycles. The van der Waals surface area contributed by atoms with Crippen molar-refractivity contribution in [3.63, 3.8) is 0 Å². The lowest BCUT2D eigenvalue weighted by atomic mass is 9.92. The largest absolute Gasteiger partial charge is 0.495 e. The molecule has 2 heteroatoms. The smallest absolute Gasteiger partial charge is 0.142 e. The first kappa shape index (κ1) is 10.3. The van der Waals surface area contributed by atoms with Crippen LogP contribution in [0.2, 0.25) is 0 Å². The van der Waals surface area contributed by atoms with Crippen LogP contribution >= 0.6 is 0 Å². The van der Waals surface area contributed by atoms with Crippen molar-refractivity contribution in [1.82, 2.24) is 0 Å². The molecule has 0 radical (unpaired) electrons. The van der Waals surface area contributed by atoms with Gasteiger partial charge in [-0.1, -0.05) is 26.0 Å². The molecule has 2 rings (SSSR count). The van der Waals surface area contributed by atoms with E-state index in [1.807, 2.05) is 6.07 Å². The Balaban J connectivity index is 2.27. The molecule has 1 aromatic rings. The zero-order valence-corrected chi connectivity index (χ0v) is 9.71. The summed E-state index contributed by atoms with van der Waals surface area (Å²) in [5.74, 6) is 2.36. The lowest BCUT2D eigenvalue weighted by Crippen LogP contribution is -2.05. The van der Waals surface area contributed by atoms with Gasteiger partial charge in [0.25, 0.3) is 0 Å². The van der Waals surface area contributed by atoms with Gasteiger partial charge < -0.3 is 10.1 Å². The van der Waals surface area contributed by atoms with E-state index in [9.17, 15) is 0 Å². The number of hydrogen-bond donors (Lipinski definition) is 1. The molecule has 0 aromatic heterocycles. The van der Waals surface area contributed by atoms with Gasteiger partial charge in [0.15, 0.2) is 0 Å². The Labute approximate surface area is 91.6 Å². The summed E-state index contributed by atoms with van der Waals surface area (Å²) >= 11 is 0. The first-order chi connectivity index (χ1) is 7.22. The van der Waals surface area contributed by atoms with Crippen LogP contribution in [0.25, 0.3) is 0 Å². The SMILES string of the molecule is COc1cccc2c1NCC2CC(C)C. The van der Waals surface area contributed by atoms with E-state index in [1.54, 1.807) is 7.11 Å². The lowest BCUT2D eigenvalue weighted by molar-refractivity contribution is 0.416. The number of methoxy groups -OCH3 is 1. The normalized spacial score (nSPS) is 18.8. The summed E-state index contributed by atoms with van der Waals surface area (Å²) in [6, 6.07) is 6.31. The van der Waals surface area contributed by atoms with Gasteiger partial charge in [-0.2, -0.15) is 0 Å². The average Bonchev–Trinajstić information content (AvgIpc) is 2.61. The number of para-hydroxylation sites is 1. The van der Waals surface area contributed by atoms with Crippen molar-refractivity contribution >= 4 is 5.69 Å². The molecule has 1 aromatic carbocycles. The Morgan fingerprint density at radius 3 is 2.93 bits per heavy atom. The molecular formula is C13H19NO. The van der Waals surface area contributed by atoms with Gasteiger partial charge in [-0.25, -0.2) is 0 Å². The summed E-state index contributed by atoms with van der Waals surface area (Å²) in [5.41, 5.74) is 2.62. The second kappa shape index (κ2) is 4.13. The lowest BCUT2D eigenvalue weighted by Gasteiger charge is -2.12. The Morgan fingerprint density at radius 1 is 1.47 bits per heavy atom. The monoisotopic (exact) mass is 205 g/mol. The van der Waals surface area contributed by atoms with E-state index in [2.05, 4.69) is 31.3 Å². The van der Waals surface area contributed by atoms with Crippen LogP contribution in [0.3, 0.4) is 0 Å². The van der Waals surface area contributed by atoms with Gasteiger partial charge in [0.1, 0.15) is 5.75 Å². The minimum Gasteiger partial charge on any atom is -0.495 e. The molecule has 2 nitrogen and oxygen atoms in total. The minimum atomic E-state index is 0.648. The van der Waals surface area contributed by atoms with Crippen LogP contribution in [-0.4, -0.2) is 13.7 Å². The van der Waals surface area contributed by atoms with Crippen molar-refractivity contribution in [3.8, 4) is 5.75 Å². The Hall–Kier alpha value is -1.18. The van der Waals surface area contributed by atoms with E-state index in [0.717, 1.165) is 18.2 Å². The van der Waals surface area contributed by atoms with E-state index in [1.165, 1.54) is 17.7 Å². The third-order valence-electron chi connectivity index (χ3n) is 3.00. The summed E-state index contributed by atoms with van der Waals surface area (Å²) in [4.78, 5) is 0. The Kier molecular flexibility index (Phi) is 2.85. The maximum absolute atomic E-state index is 5.35. The van der Waals surface area contributed by atoms with E-state index in [0.29, 0.717) is 5.92 Å². The fourth-order valence-corrected chi connectivity index (χ4v) is 2.36. The van der Waals surface area contributed by atoms with Gasteiger partial charge in [0, 0.05) is 12.5 Å². The molecule has 1 aliphatic rings. The van der Waals surface area contributed by atoms with Crippen molar-refractivity contribution in [3.05, 3.63) is 23.8 Å². The van der Waals surface area contributed by atoms with Gasteiger partial charge >= 0.3 is 0 Å². The van der Waals surface area contributed by atoms with E-state index in [-0.39, 0.29) is 0 Å². The van der Waals surface area contributed by atoms with Gasteiger partial charge in [0.05, 0.1) is 12.8 Å². The molecular weight excluding hydrogens is 186 g/mol. The molecule has 0 amide bonds. The zero-order valence-electron chi connectivity index (χ0n) is 9.71. The van der Waals surface area contributed by atoms with E-state index >= 15 is 0 Å². The van der Waals surface area contributed by atoms with Gasteiger partial charge in [-0.15, -0.1) is 0 Å². The molecule has 1 aliphatic heterocycles. The first-order valence-electron chi connectivity index (χ1n) is 5.63. The fourth-order valence-electron chi connectivity index (χ4n) is 2.36. The highest BCUT2D eigenvalue weighted by molar-refractivity contribution is 5.66. The fraction of sp³-hybridized carbons (Fsp3) is 0.538. The zero-order chi connectivity index (χ0) is 10.8. The van der Waals surface area contributed by atoms with E-state index < -0.39 is 0 Å². The molecule has 15 heavy (non-hydrogen) atoms. The number of hydrogen-bond acceptors (Lipinski definition) is 2. The second-order valence-corrected chi connectivity index (χ2v) is 4.63. The number of anilines is 1. The third-order valence-corrected chi connectivity index (χ3v) is 3.00. The van der Waals surface area contributed by atoms with Crippen LogP contribution in [0.15, 0.2) is 18.2 Å². The minimum absolute atomic E-state index is 0.648. The van der Waals surface area contributed by atoms with Crippen LogP contribution in [0.1, 0.15) is 31.7 Å². The van der Waals surface area contributed by atoms with Gasteiger partial charge in [-0.05, 0) is 24.0 Å². The van der Waals surface area contributed by atoms with Crippen molar-refractivity contribution < 1.29 is 4.74 Å². The maximum atomic E-state index is 5.35. The van der Waals surface area contributed by atoms with Gasteiger partial charge in [-0.3, -0.25) is 0 Å². The molecule has 1 heterocycles. The van der Waals surface area contributed by atoms with Crippen LogP contribution in [-0.2, 0) is 0 Å². The van der Waals surface area contributed by atoms with Crippen molar-refractivity contribution in [2.75, 3.05) is 19.0 Å². The molecule has 1 N–H and O–H groups in total. The molecule has 0 bridgehead atoms. The number of ether oxygens (including phenoxy) is 1. The highest BCUT2D eigenvalue weighted by Crippen LogP contribution is 2.40. The number of benzene rings is 1. The van der Waals surface area contributed by atoms with E-state index in [4.69, 9.17) is 4.74 Å². The van der Waals surface area contributed by atoms with Crippen LogP contribution < -0.4 is 10.1 Å². The summed E-state index contributed by atoms with van der Waals surface area (Å²) in [6.45, 7) is 5.60. The molecule has 0 aliphatic carbocycles. The molecule has 1 atom stereocenters. The number of fused-ring (bicyclic) bond motifs is 1. The third kappa shape index (κ3) is 1.94. The average molecular weight is 205 g/mol. The summed E-state index contributed by atoms with van der Waals surface area (Å²) in [7, 11) is 1.73. The molecule has 0 saturated carbocycles. The first-order valence-corrected chi connectivity index (χ1v) is 5.63. The van der Waals surface area contributed by atoms with Crippen LogP contribution in [0.4, 0.5) is 5.69 Å². The maximum Gasteiger partial charge on any atom is 0.142 e. The second-order valence-electron chi connectivity index (χ2n) is 4.63. The molecule has 0 spiro atoms. The molecule has 0 fully saturated rings. The summed E-state index contributed by atoms with van der Waals surface area (Å²) < 4.78 is 5.35. The highest BCUT2D eigenvalue weighted by Gasteiger charge is 2.24. The Bertz CT molecular complexity index is 346. The Morgan fingerprint density at radius 2 is 2.27 bits per heavy atom. The highest BCUT2D eigenvalue weighted by atomic mass is 16.5. The van der Waals surface area contributed by atoms with Crippen LogP contribution in [0.5, 0.6) is 5.75 Å². The summed E-state index contributed by atoms with van der Waals surface area (Å²) in [6.07, 6.45) is 1.24. The van der Waals surface area contributed by atoms with Crippen LogP contribution in [0, 0.1) is 5.92 Å². The van der Waals surface area contributed by atoms with Gasteiger partial charge in [0.2, 0.25) is 0 Å². The molecule has 82 valence electrons. The van der Waals surface area contributed by atoms with Crippen molar-refractivity contribution in [1.29, 1.82) is 0 Å².